The van der Waals surface area contributed by atoms with Crippen LogP contribution >= 0.6 is 0 Å². The minimum atomic E-state index is 0.461. The zero-order valence-corrected chi connectivity index (χ0v) is 12.6. The van der Waals surface area contributed by atoms with Crippen LogP contribution in [0.15, 0.2) is 24.3 Å². The van der Waals surface area contributed by atoms with E-state index in [1.54, 1.807) is 0 Å². The lowest BCUT2D eigenvalue weighted by Gasteiger charge is -2.27. The largest absolute Gasteiger partial charge is 0.330 e. The number of likely N-dealkylation sites (tertiary alicyclic amines) is 1. The second kappa shape index (κ2) is 6.53. The minimum Gasteiger partial charge on any atom is -0.330 e. The molecule has 2 nitrogen and oxygen atoms in total. The maximum atomic E-state index is 5.72. The van der Waals surface area contributed by atoms with Crippen molar-refractivity contribution in [3.05, 3.63) is 35.4 Å². The third-order valence-electron chi connectivity index (χ3n) is 4.69. The van der Waals surface area contributed by atoms with Gasteiger partial charge in [-0.1, -0.05) is 38.1 Å². The fraction of sp³-hybridized carbons (Fsp3) is 0.647. The predicted molar refractivity (Wildman–Crippen MR) is 82.2 cm³/mol. The summed E-state index contributed by atoms with van der Waals surface area (Å²) in [5.41, 5.74) is 8.51. The van der Waals surface area contributed by atoms with E-state index in [1.807, 2.05) is 0 Å². The second-order valence-corrected chi connectivity index (χ2v) is 6.04. The van der Waals surface area contributed by atoms with Gasteiger partial charge < -0.3 is 5.73 Å². The average Bonchev–Trinajstić information content (AvgIpc) is 2.79. The van der Waals surface area contributed by atoms with Crippen molar-refractivity contribution in [2.24, 2.45) is 5.73 Å². The van der Waals surface area contributed by atoms with E-state index in [1.165, 1.54) is 30.4 Å². The summed E-state index contributed by atoms with van der Waals surface area (Å²) in [6, 6.07) is 10.5. The van der Waals surface area contributed by atoms with E-state index >= 15 is 0 Å². The quantitative estimate of drug-likeness (QED) is 0.878. The molecule has 1 aliphatic rings. The number of hydrogen-bond acceptors (Lipinski definition) is 2. The Kier molecular flexibility index (Phi) is 5.00. The Morgan fingerprint density at radius 3 is 2.53 bits per heavy atom. The van der Waals surface area contributed by atoms with Crippen LogP contribution in [-0.2, 0) is 6.54 Å². The number of hydrogen-bond donors (Lipinski definition) is 1. The summed E-state index contributed by atoms with van der Waals surface area (Å²) in [7, 11) is 0. The van der Waals surface area contributed by atoms with Gasteiger partial charge in [0.15, 0.2) is 0 Å². The third-order valence-corrected chi connectivity index (χ3v) is 4.69. The van der Waals surface area contributed by atoms with E-state index in [0.717, 1.165) is 25.2 Å². The fourth-order valence-corrected chi connectivity index (χ4v) is 3.15. The van der Waals surface area contributed by atoms with Crippen LogP contribution < -0.4 is 5.73 Å². The first-order chi connectivity index (χ1) is 9.15. The van der Waals surface area contributed by atoms with E-state index in [-0.39, 0.29) is 0 Å². The van der Waals surface area contributed by atoms with Crippen molar-refractivity contribution in [3.8, 4) is 0 Å². The smallest absolute Gasteiger partial charge is 0.0239 e. The maximum absolute atomic E-state index is 5.72. The van der Waals surface area contributed by atoms with Crippen molar-refractivity contribution in [1.29, 1.82) is 0 Å². The van der Waals surface area contributed by atoms with Crippen molar-refractivity contribution in [3.63, 3.8) is 0 Å². The van der Waals surface area contributed by atoms with Gasteiger partial charge in [0.1, 0.15) is 0 Å². The molecule has 3 unspecified atom stereocenters. The Morgan fingerprint density at radius 2 is 1.95 bits per heavy atom. The van der Waals surface area contributed by atoms with Crippen LogP contribution in [0.1, 0.15) is 57.1 Å². The molecule has 1 aliphatic heterocycles. The molecule has 1 heterocycles. The molecular weight excluding hydrogens is 232 g/mol. The summed E-state index contributed by atoms with van der Waals surface area (Å²) in [6.07, 6.45) is 3.98. The summed E-state index contributed by atoms with van der Waals surface area (Å²) < 4.78 is 0. The number of rotatable bonds is 5. The van der Waals surface area contributed by atoms with Crippen LogP contribution in [0.3, 0.4) is 0 Å². The third kappa shape index (κ3) is 3.37. The van der Waals surface area contributed by atoms with Crippen LogP contribution in [0.4, 0.5) is 0 Å². The van der Waals surface area contributed by atoms with Crippen molar-refractivity contribution in [2.75, 3.05) is 6.54 Å². The van der Waals surface area contributed by atoms with Crippen molar-refractivity contribution < 1.29 is 0 Å². The average molecular weight is 260 g/mol. The SMILES string of the molecule is CCC1CCC(C)N1Cc1ccc(C(C)CN)cc1. The van der Waals surface area contributed by atoms with Crippen molar-refractivity contribution in [1.82, 2.24) is 4.90 Å². The molecular formula is C17H28N2. The van der Waals surface area contributed by atoms with Gasteiger partial charge in [0.05, 0.1) is 0 Å². The first-order valence-electron chi connectivity index (χ1n) is 7.70. The van der Waals surface area contributed by atoms with Crippen LogP contribution in [0.25, 0.3) is 0 Å². The highest BCUT2D eigenvalue weighted by Gasteiger charge is 2.28. The fourth-order valence-electron chi connectivity index (χ4n) is 3.15. The van der Waals surface area contributed by atoms with Gasteiger partial charge in [-0.15, -0.1) is 0 Å². The van der Waals surface area contributed by atoms with E-state index in [9.17, 15) is 0 Å². The molecule has 106 valence electrons. The number of nitrogens with two attached hydrogens (primary N) is 1. The van der Waals surface area contributed by atoms with Crippen molar-refractivity contribution in [2.45, 2.75) is 64.6 Å². The van der Waals surface area contributed by atoms with Crippen LogP contribution in [0.2, 0.25) is 0 Å². The van der Waals surface area contributed by atoms with E-state index in [0.29, 0.717) is 5.92 Å². The van der Waals surface area contributed by atoms with Crippen LogP contribution in [-0.4, -0.2) is 23.5 Å². The number of benzene rings is 1. The molecule has 1 aromatic carbocycles. The monoisotopic (exact) mass is 260 g/mol. The maximum Gasteiger partial charge on any atom is 0.0239 e. The van der Waals surface area contributed by atoms with Gasteiger partial charge in [-0.25, -0.2) is 0 Å². The van der Waals surface area contributed by atoms with Gasteiger partial charge in [-0.05, 0) is 49.8 Å². The summed E-state index contributed by atoms with van der Waals surface area (Å²) in [4.78, 5) is 2.67. The Labute approximate surface area is 118 Å². The van der Waals surface area contributed by atoms with Gasteiger partial charge in [0.25, 0.3) is 0 Å². The predicted octanol–water partition coefficient (Wildman–Crippen LogP) is 3.51. The lowest BCUT2D eigenvalue weighted by molar-refractivity contribution is 0.189. The number of nitrogens with zero attached hydrogens (tertiary/aromatic N) is 1. The second-order valence-electron chi connectivity index (χ2n) is 6.04. The molecule has 0 bridgehead atoms. The van der Waals surface area contributed by atoms with Gasteiger partial charge in [0.2, 0.25) is 0 Å². The molecule has 1 fully saturated rings. The zero-order valence-electron chi connectivity index (χ0n) is 12.6. The molecule has 0 spiro atoms. The molecule has 2 rings (SSSR count). The summed E-state index contributed by atoms with van der Waals surface area (Å²) >= 11 is 0. The normalized spacial score (nSPS) is 25.7. The van der Waals surface area contributed by atoms with Gasteiger partial charge in [0, 0.05) is 18.6 Å². The Hall–Kier alpha value is -0.860. The van der Waals surface area contributed by atoms with E-state index < -0.39 is 0 Å². The molecule has 2 heteroatoms. The highest BCUT2D eigenvalue weighted by atomic mass is 15.2. The zero-order chi connectivity index (χ0) is 13.8. The van der Waals surface area contributed by atoms with Crippen LogP contribution in [0, 0.1) is 0 Å². The topological polar surface area (TPSA) is 29.3 Å². The lowest BCUT2D eigenvalue weighted by Crippen LogP contribution is -2.33. The van der Waals surface area contributed by atoms with Gasteiger partial charge in [-0.2, -0.15) is 0 Å². The Morgan fingerprint density at radius 1 is 1.26 bits per heavy atom. The molecule has 0 aromatic heterocycles. The Bertz CT molecular complexity index is 385. The first-order valence-corrected chi connectivity index (χ1v) is 7.70. The van der Waals surface area contributed by atoms with Crippen LogP contribution in [0.5, 0.6) is 0 Å². The molecule has 1 saturated heterocycles. The lowest BCUT2D eigenvalue weighted by atomic mass is 10.00. The highest BCUT2D eigenvalue weighted by Crippen LogP contribution is 2.28. The van der Waals surface area contributed by atoms with E-state index in [4.69, 9.17) is 5.73 Å². The summed E-state index contributed by atoms with van der Waals surface area (Å²) in [6.45, 7) is 8.67. The summed E-state index contributed by atoms with van der Waals surface area (Å²) in [5, 5.41) is 0. The van der Waals surface area contributed by atoms with E-state index in [2.05, 4.69) is 49.9 Å². The summed E-state index contributed by atoms with van der Waals surface area (Å²) in [5.74, 6) is 0.461. The molecule has 0 radical (unpaired) electrons. The van der Waals surface area contributed by atoms with Gasteiger partial charge >= 0.3 is 0 Å². The molecule has 1 aromatic rings. The van der Waals surface area contributed by atoms with Crippen molar-refractivity contribution >= 4 is 0 Å². The molecule has 3 atom stereocenters. The van der Waals surface area contributed by atoms with Gasteiger partial charge in [-0.3, -0.25) is 4.90 Å². The minimum absolute atomic E-state index is 0.461. The first kappa shape index (κ1) is 14.5. The standard InChI is InChI=1S/C17H28N2/c1-4-17-10-5-14(3)19(17)12-15-6-8-16(9-7-15)13(2)11-18/h6-9,13-14,17H,4-5,10-12,18H2,1-3H3. The Balaban J connectivity index is 2.02. The molecule has 2 N–H and O–H groups in total. The molecule has 0 amide bonds. The highest BCUT2D eigenvalue weighted by molar-refractivity contribution is 5.25. The molecule has 0 saturated carbocycles. The molecule has 19 heavy (non-hydrogen) atoms. The molecule has 0 aliphatic carbocycles.